The number of halogens is 1. The Bertz CT molecular complexity index is 895. The number of methoxy groups -OCH3 is 1. The number of amides is 2. The highest BCUT2D eigenvalue weighted by molar-refractivity contribution is 6.12. The number of rotatable bonds is 4. The summed E-state index contributed by atoms with van der Waals surface area (Å²) in [5, 5.41) is 0. The number of hydrogen-bond acceptors (Lipinski definition) is 5. The van der Waals surface area contributed by atoms with Gasteiger partial charge in [0.1, 0.15) is 17.3 Å². The van der Waals surface area contributed by atoms with Crippen molar-refractivity contribution in [2.75, 3.05) is 13.7 Å². The molecule has 0 saturated carbocycles. The summed E-state index contributed by atoms with van der Waals surface area (Å²) < 4.78 is 24.1. The molecular weight excluding hydrogens is 341 g/mol. The van der Waals surface area contributed by atoms with Crippen LogP contribution in [0.2, 0.25) is 0 Å². The van der Waals surface area contributed by atoms with Crippen LogP contribution in [0.15, 0.2) is 42.5 Å². The van der Waals surface area contributed by atoms with Crippen LogP contribution in [0.4, 0.5) is 4.39 Å². The molecular formula is C19H16FNO5. The van der Waals surface area contributed by atoms with Gasteiger partial charge in [0.2, 0.25) is 0 Å². The first-order valence-electron chi connectivity index (χ1n) is 7.90. The van der Waals surface area contributed by atoms with Crippen molar-refractivity contribution in [1.29, 1.82) is 0 Å². The van der Waals surface area contributed by atoms with Crippen molar-refractivity contribution in [3.8, 4) is 11.5 Å². The molecule has 3 rings (SSSR count). The maximum atomic E-state index is 13.5. The molecule has 2 aromatic rings. The van der Waals surface area contributed by atoms with Crippen LogP contribution < -0.4 is 9.47 Å². The van der Waals surface area contributed by atoms with Crippen LogP contribution in [0.1, 0.15) is 27.6 Å². The number of benzene rings is 2. The van der Waals surface area contributed by atoms with Crippen LogP contribution in [-0.4, -0.2) is 42.3 Å². The van der Waals surface area contributed by atoms with Crippen molar-refractivity contribution in [2.24, 2.45) is 0 Å². The van der Waals surface area contributed by atoms with Gasteiger partial charge in [-0.3, -0.25) is 19.3 Å². The molecule has 1 aliphatic heterocycles. The molecule has 0 N–H and O–H groups in total. The first kappa shape index (κ1) is 17.6. The predicted molar refractivity (Wildman–Crippen MR) is 89.9 cm³/mol. The zero-order chi connectivity index (χ0) is 18.8. The number of carbonyl (C=O) groups excluding carboxylic acids is 3. The van der Waals surface area contributed by atoms with Crippen LogP contribution in [-0.2, 0) is 4.79 Å². The summed E-state index contributed by atoms with van der Waals surface area (Å²) in [6.45, 7) is 0.956. The van der Waals surface area contributed by atoms with Gasteiger partial charge < -0.3 is 9.47 Å². The van der Waals surface area contributed by atoms with Crippen molar-refractivity contribution < 1.29 is 28.2 Å². The molecule has 1 atom stereocenters. The quantitative estimate of drug-likeness (QED) is 0.621. The average molecular weight is 357 g/mol. The molecule has 0 fully saturated rings. The van der Waals surface area contributed by atoms with Crippen molar-refractivity contribution >= 4 is 17.6 Å². The lowest BCUT2D eigenvalue weighted by atomic mass is 10.1. The van der Waals surface area contributed by atoms with Crippen molar-refractivity contribution in [3.63, 3.8) is 0 Å². The summed E-state index contributed by atoms with van der Waals surface area (Å²) in [7, 11) is 1.35. The number of nitrogens with zero attached hydrogens (tertiary/aromatic N) is 1. The van der Waals surface area contributed by atoms with Crippen LogP contribution in [0.3, 0.4) is 0 Å². The molecule has 26 heavy (non-hydrogen) atoms. The number of fused-ring (bicyclic) bond motifs is 1. The Labute approximate surface area is 149 Å². The number of ether oxygens (including phenoxy) is 2. The molecule has 0 radical (unpaired) electrons. The molecule has 0 aromatic heterocycles. The summed E-state index contributed by atoms with van der Waals surface area (Å²) in [4.78, 5) is 38.7. The van der Waals surface area contributed by atoms with E-state index in [0.29, 0.717) is 0 Å². The summed E-state index contributed by atoms with van der Waals surface area (Å²) in [5.74, 6) is -2.08. The lowest BCUT2D eigenvalue weighted by Crippen LogP contribution is -2.44. The van der Waals surface area contributed by atoms with Gasteiger partial charge in [-0.25, -0.2) is 4.39 Å². The number of hydrogen-bond donors (Lipinski definition) is 0. The molecule has 2 aromatic carbocycles. The Morgan fingerprint density at radius 1 is 1.23 bits per heavy atom. The fourth-order valence-electron chi connectivity index (χ4n) is 2.73. The smallest absolute Gasteiger partial charge is 0.270 e. The first-order chi connectivity index (χ1) is 12.4. The van der Waals surface area contributed by atoms with Gasteiger partial charge >= 0.3 is 0 Å². The number of Topliss-reactive ketones (excluding diaryl/α,β-unsaturated/α-hetero) is 1. The van der Waals surface area contributed by atoms with Gasteiger partial charge in [-0.2, -0.15) is 0 Å². The van der Waals surface area contributed by atoms with Gasteiger partial charge in [-0.1, -0.05) is 12.1 Å². The molecule has 0 unspecified atom stereocenters. The van der Waals surface area contributed by atoms with Crippen molar-refractivity contribution in [3.05, 3.63) is 59.4 Å². The van der Waals surface area contributed by atoms with E-state index in [1.165, 1.54) is 26.2 Å². The Balaban J connectivity index is 1.95. The molecule has 0 saturated heterocycles. The number of para-hydroxylation sites is 1. The number of imide groups is 1. The molecule has 0 aliphatic carbocycles. The Morgan fingerprint density at radius 3 is 2.69 bits per heavy atom. The fraction of sp³-hybridized carbons (Fsp3) is 0.211. The molecule has 6 nitrogen and oxygen atoms in total. The zero-order valence-electron chi connectivity index (χ0n) is 14.2. The Morgan fingerprint density at radius 2 is 1.96 bits per heavy atom. The molecule has 7 heteroatoms. The largest absolute Gasteiger partial charge is 0.496 e. The monoisotopic (exact) mass is 357 g/mol. The van der Waals surface area contributed by atoms with E-state index in [-0.39, 0.29) is 22.6 Å². The van der Waals surface area contributed by atoms with E-state index in [9.17, 15) is 18.8 Å². The predicted octanol–water partition coefficient (Wildman–Crippen LogP) is 2.47. The van der Waals surface area contributed by atoms with E-state index in [0.717, 1.165) is 17.0 Å². The van der Waals surface area contributed by atoms with Gasteiger partial charge in [0.25, 0.3) is 11.8 Å². The fourth-order valence-corrected chi connectivity index (χ4v) is 2.73. The van der Waals surface area contributed by atoms with E-state index in [4.69, 9.17) is 9.47 Å². The van der Waals surface area contributed by atoms with Crippen LogP contribution >= 0.6 is 0 Å². The van der Waals surface area contributed by atoms with E-state index in [1.54, 1.807) is 18.2 Å². The summed E-state index contributed by atoms with van der Waals surface area (Å²) >= 11 is 0. The van der Waals surface area contributed by atoms with Crippen molar-refractivity contribution in [1.82, 2.24) is 4.90 Å². The lowest BCUT2D eigenvalue weighted by Gasteiger charge is -2.20. The summed E-state index contributed by atoms with van der Waals surface area (Å²) in [5.41, 5.74) is 0.142. The second-order valence-electron chi connectivity index (χ2n) is 5.75. The minimum Gasteiger partial charge on any atom is -0.496 e. The topological polar surface area (TPSA) is 72.9 Å². The lowest BCUT2D eigenvalue weighted by molar-refractivity contribution is -0.134. The van der Waals surface area contributed by atoms with Gasteiger partial charge in [0, 0.05) is 0 Å². The highest BCUT2D eigenvalue weighted by atomic mass is 19.1. The first-order valence-corrected chi connectivity index (χ1v) is 7.90. The Hall–Kier alpha value is -3.22. The molecule has 134 valence electrons. The zero-order valence-corrected chi connectivity index (χ0v) is 14.2. The minimum atomic E-state index is -0.940. The molecule has 2 amide bonds. The standard InChI is InChI=1S/C19H16FNO5/c1-11-18(23)21(19(24)13-5-3-4-6-17(13)26-11)10-15(22)14-9-12(20)7-8-16(14)25-2/h3-9,11H,10H2,1-2H3/t11-/m0/s1. The van der Waals surface area contributed by atoms with Crippen molar-refractivity contribution in [2.45, 2.75) is 13.0 Å². The van der Waals surface area contributed by atoms with E-state index < -0.39 is 36.1 Å². The van der Waals surface area contributed by atoms with Crippen LogP contribution in [0.25, 0.3) is 0 Å². The third-order valence-electron chi connectivity index (χ3n) is 4.04. The normalized spacial score (nSPS) is 16.6. The third-order valence-corrected chi connectivity index (χ3v) is 4.04. The second-order valence-corrected chi connectivity index (χ2v) is 5.75. The SMILES string of the molecule is COc1ccc(F)cc1C(=O)CN1C(=O)c2ccccc2O[C@@H](C)C1=O. The van der Waals surface area contributed by atoms with E-state index >= 15 is 0 Å². The van der Waals surface area contributed by atoms with Gasteiger partial charge in [-0.15, -0.1) is 0 Å². The highest BCUT2D eigenvalue weighted by Crippen LogP contribution is 2.26. The van der Waals surface area contributed by atoms with Gasteiger partial charge in [-0.05, 0) is 37.3 Å². The maximum absolute atomic E-state index is 13.5. The minimum absolute atomic E-state index is 0.0424. The second kappa shape index (κ2) is 6.95. The van der Waals surface area contributed by atoms with Gasteiger partial charge in [0.15, 0.2) is 11.9 Å². The summed E-state index contributed by atoms with van der Waals surface area (Å²) in [6, 6.07) is 9.90. The molecule has 1 aliphatic rings. The molecule has 0 bridgehead atoms. The van der Waals surface area contributed by atoms with Crippen LogP contribution in [0.5, 0.6) is 11.5 Å². The van der Waals surface area contributed by atoms with E-state index in [2.05, 4.69) is 0 Å². The average Bonchev–Trinajstić information content (AvgIpc) is 2.72. The molecule has 0 spiro atoms. The molecule has 1 heterocycles. The van der Waals surface area contributed by atoms with Crippen LogP contribution in [0, 0.1) is 5.82 Å². The van der Waals surface area contributed by atoms with E-state index in [1.807, 2.05) is 0 Å². The summed E-state index contributed by atoms with van der Waals surface area (Å²) in [6.07, 6.45) is -0.940. The van der Waals surface area contributed by atoms with Gasteiger partial charge in [0.05, 0.1) is 24.8 Å². The highest BCUT2D eigenvalue weighted by Gasteiger charge is 2.35. The third kappa shape index (κ3) is 3.15. The number of carbonyl (C=O) groups is 3. The number of ketones is 1. The Kier molecular flexibility index (Phi) is 4.71. The maximum Gasteiger partial charge on any atom is 0.270 e.